The molecule has 6 heteroatoms. The predicted octanol–water partition coefficient (Wildman–Crippen LogP) is 6.20. The third-order valence-electron chi connectivity index (χ3n) is 7.76. The van der Waals surface area contributed by atoms with Gasteiger partial charge in [-0.05, 0) is 45.1 Å². The molecule has 0 bridgehead atoms. The van der Waals surface area contributed by atoms with Gasteiger partial charge in [0.05, 0.1) is 6.04 Å². The summed E-state index contributed by atoms with van der Waals surface area (Å²) >= 11 is 0. The summed E-state index contributed by atoms with van der Waals surface area (Å²) in [5, 5.41) is 3.00. The minimum Gasteiger partial charge on any atom is -0.353 e. The lowest BCUT2D eigenvalue weighted by atomic mass is 10.00. The van der Waals surface area contributed by atoms with Crippen molar-refractivity contribution in [2.24, 2.45) is 11.5 Å². The highest BCUT2D eigenvalue weighted by Crippen LogP contribution is 2.19. The van der Waals surface area contributed by atoms with Crippen molar-refractivity contribution in [1.82, 2.24) is 10.2 Å². The molecule has 6 nitrogen and oxygen atoms in total. The second-order valence-electron chi connectivity index (χ2n) is 11.1. The smallest absolute Gasteiger partial charge is 0.236 e. The predicted molar refractivity (Wildman–Crippen MR) is 153 cm³/mol. The van der Waals surface area contributed by atoms with Gasteiger partial charge in [0.15, 0.2) is 0 Å². The van der Waals surface area contributed by atoms with Gasteiger partial charge in [0.25, 0.3) is 0 Å². The summed E-state index contributed by atoms with van der Waals surface area (Å²) in [7, 11) is 0. The molecule has 0 aromatic heterocycles. The summed E-state index contributed by atoms with van der Waals surface area (Å²) in [6, 6.07) is -0.368. The lowest BCUT2D eigenvalue weighted by molar-refractivity contribution is -0.135. The van der Waals surface area contributed by atoms with Crippen LogP contribution in [-0.2, 0) is 9.59 Å². The number of amides is 2. The quantitative estimate of drug-likeness (QED) is 0.143. The SMILES string of the molecule is CCCCCCCCCCCCCCCCCC(=O)N1CCCCC1CNC(=O)[C@@H](N)CCCCN. The van der Waals surface area contributed by atoms with Gasteiger partial charge in [-0.25, -0.2) is 0 Å². The third kappa shape index (κ3) is 16.6. The van der Waals surface area contributed by atoms with Crippen LogP contribution in [0, 0.1) is 0 Å². The van der Waals surface area contributed by atoms with Gasteiger partial charge in [0.1, 0.15) is 0 Å². The van der Waals surface area contributed by atoms with Crippen LogP contribution < -0.4 is 16.8 Å². The van der Waals surface area contributed by atoms with E-state index < -0.39 is 6.04 Å². The molecule has 0 saturated carbocycles. The van der Waals surface area contributed by atoms with Crippen molar-refractivity contribution in [3.05, 3.63) is 0 Å². The van der Waals surface area contributed by atoms with E-state index in [1.165, 1.54) is 83.5 Å². The van der Waals surface area contributed by atoms with Gasteiger partial charge in [-0.3, -0.25) is 9.59 Å². The number of piperidine rings is 1. The molecule has 1 fully saturated rings. The second-order valence-corrected chi connectivity index (χ2v) is 11.1. The summed E-state index contributed by atoms with van der Waals surface area (Å²) in [5.74, 6) is 0.156. The van der Waals surface area contributed by atoms with Gasteiger partial charge in [-0.1, -0.05) is 103 Å². The molecular weight excluding hydrogens is 448 g/mol. The Morgan fingerprint density at radius 1 is 0.806 bits per heavy atom. The van der Waals surface area contributed by atoms with Crippen LogP contribution in [0.4, 0.5) is 0 Å². The zero-order chi connectivity index (χ0) is 26.3. The van der Waals surface area contributed by atoms with Crippen molar-refractivity contribution < 1.29 is 9.59 Å². The highest BCUT2D eigenvalue weighted by atomic mass is 16.2. The average molecular weight is 509 g/mol. The van der Waals surface area contributed by atoms with Crippen molar-refractivity contribution >= 4 is 11.8 Å². The minimum absolute atomic E-state index is 0.104. The van der Waals surface area contributed by atoms with Crippen LogP contribution in [-0.4, -0.2) is 48.4 Å². The van der Waals surface area contributed by atoms with E-state index >= 15 is 0 Å². The fraction of sp³-hybridized carbons (Fsp3) is 0.933. The van der Waals surface area contributed by atoms with Crippen LogP contribution in [0.25, 0.3) is 0 Å². The van der Waals surface area contributed by atoms with E-state index in [9.17, 15) is 9.59 Å². The van der Waals surface area contributed by atoms with Gasteiger partial charge in [0, 0.05) is 25.6 Å². The maximum absolute atomic E-state index is 12.9. The molecule has 36 heavy (non-hydrogen) atoms. The highest BCUT2D eigenvalue weighted by molar-refractivity contribution is 5.81. The molecular formula is C30H60N4O2. The normalized spacial score (nSPS) is 16.8. The lowest BCUT2D eigenvalue weighted by Crippen LogP contribution is -2.51. The van der Waals surface area contributed by atoms with Crippen molar-refractivity contribution in [2.45, 2.75) is 160 Å². The van der Waals surface area contributed by atoms with E-state index in [4.69, 9.17) is 11.5 Å². The third-order valence-corrected chi connectivity index (χ3v) is 7.76. The number of nitrogens with one attached hydrogen (secondary N) is 1. The van der Waals surface area contributed by atoms with Gasteiger partial charge < -0.3 is 21.7 Å². The van der Waals surface area contributed by atoms with Crippen molar-refractivity contribution in [3.63, 3.8) is 0 Å². The van der Waals surface area contributed by atoms with Crippen molar-refractivity contribution in [1.29, 1.82) is 0 Å². The Morgan fingerprint density at radius 2 is 1.36 bits per heavy atom. The number of likely N-dealkylation sites (tertiary alicyclic amines) is 1. The molecule has 0 aromatic carbocycles. The van der Waals surface area contributed by atoms with Gasteiger partial charge in [0.2, 0.25) is 11.8 Å². The number of nitrogens with zero attached hydrogens (tertiary/aromatic N) is 1. The van der Waals surface area contributed by atoms with E-state index in [1.54, 1.807) is 0 Å². The number of carbonyl (C=O) groups is 2. The first-order chi connectivity index (χ1) is 17.6. The van der Waals surface area contributed by atoms with Crippen LogP contribution >= 0.6 is 0 Å². The molecule has 1 aliphatic heterocycles. The number of carbonyl (C=O) groups excluding carboxylic acids is 2. The number of unbranched alkanes of at least 4 members (excludes halogenated alkanes) is 15. The number of rotatable bonds is 23. The molecule has 1 heterocycles. The largest absolute Gasteiger partial charge is 0.353 e. The molecule has 0 spiro atoms. The van der Waals surface area contributed by atoms with E-state index in [-0.39, 0.29) is 17.9 Å². The number of hydrogen-bond acceptors (Lipinski definition) is 4. The lowest BCUT2D eigenvalue weighted by Gasteiger charge is -2.36. The molecule has 0 aromatic rings. The van der Waals surface area contributed by atoms with Crippen LogP contribution in [0.2, 0.25) is 0 Å². The molecule has 1 aliphatic rings. The molecule has 1 saturated heterocycles. The van der Waals surface area contributed by atoms with Gasteiger partial charge in [-0.2, -0.15) is 0 Å². The van der Waals surface area contributed by atoms with Crippen molar-refractivity contribution in [2.75, 3.05) is 19.6 Å². The Labute approximate surface area is 223 Å². The molecule has 1 unspecified atom stereocenters. The summed E-state index contributed by atoms with van der Waals surface area (Å²) in [5.41, 5.74) is 11.5. The first-order valence-corrected chi connectivity index (χ1v) is 15.6. The number of hydrogen-bond donors (Lipinski definition) is 3. The molecule has 212 valence electrons. The molecule has 5 N–H and O–H groups in total. The summed E-state index contributed by atoms with van der Waals surface area (Å²) in [6.07, 6.45) is 26.2. The maximum Gasteiger partial charge on any atom is 0.236 e. The van der Waals surface area contributed by atoms with Crippen LogP contribution in [0.5, 0.6) is 0 Å². The minimum atomic E-state index is -0.482. The zero-order valence-corrected chi connectivity index (χ0v) is 23.8. The fourth-order valence-electron chi connectivity index (χ4n) is 5.32. The zero-order valence-electron chi connectivity index (χ0n) is 23.8. The Balaban J connectivity index is 2.06. The first-order valence-electron chi connectivity index (χ1n) is 15.6. The van der Waals surface area contributed by atoms with E-state index in [0.717, 1.165) is 51.5 Å². The fourth-order valence-corrected chi connectivity index (χ4v) is 5.32. The summed E-state index contributed by atoms with van der Waals surface area (Å²) in [4.78, 5) is 27.2. The van der Waals surface area contributed by atoms with Crippen LogP contribution in [0.15, 0.2) is 0 Å². The van der Waals surface area contributed by atoms with E-state index in [1.807, 2.05) is 4.90 Å². The summed E-state index contributed by atoms with van der Waals surface area (Å²) in [6.45, 7) is 4.25. The molecule has 1 rings (SSSR count). The Kier molecular flexibility index (Phi) is 21.0. The molecule has 0 aliphatic carbocycles. The highest BCUT2D eigenvalue weighted by Gasteiger charge is 2.27. The van der Waals surface area contributed by atoms with E-state index in [2.05, 4.69) is 12.2 Å². The summed E-state index contributed by atoms with van der Waals surface area (Å²) < 4.78 is 0. The Morgan fingerprint density at radius 3 is 1.92 bits per heavy atom. The van der Waals surface area contributed by atoms with Gasteiger partial charge in [-0.15, -0.1) is 0 Å². The maximum atomic E-state index is 12.9. The van der Waals surface area contributed by atoms with Crippen LogP contribution in [0.1, 0.15) is 148 Å². The second kappa shape index (κ2) is 23.0. The molecule has 2 atom stereocenters. The van der Waals surface area contributed by atoms with Gasteiger partial charge >= 0.3 is 0 Å². The molecule has 2 amide bonds. The first kappa shape index (κ1) is 32.9. The molecule has 0 radical (unpaired) electrons. The topological polar surface area (TPSA) is 101 Å². The monoisotopic (exact) mass is 508 g/mol. The van der Waals surface area contributed by atoms with Crippen LogP contribution in [0.3, 0.4) is 0 Å². The number of nitrogens with two attached hydrogens (primary N) is 2. The van der Waals surface area contributed by atoms with Crippen molar-refractivity contribution in [3.8, 4) is 0 Å². The standard InChI is InChI=1S/C30H60N4O2/c1-2-3-4-5-6-7-8-9-10-11-12-13-14-15-16-23-29(35)34-25-20-18-21-27(34)26-33-30(36)28(32)22-17-19-24-31/h27-28H,2-26,31-32H2,1H3,(H,33,36)/t27?,28-/m0/s1. The van der Waals surface area contributed by atoms with E-state index in [0.29, 0.717) is 25.9 Å². The Hall–Kier alpha value is -1.14. The average Bonchev–Trinajstić information content (AvgIpc) is 2.89. The Bertz CT molecular complexity index is 543.